The van der Waals surface area contributed by atoms with E-state index >= 15 is 0 Å². The number of allylic oxidation sites excluding steroid dienone is 6. The summed E-state index contributed by atoms with van der Waals surface area (Å²) < 4.78 is 0. The smallest absolute Gasteiger partial charge is 0.225 e. The fourth-order valence-electron chi connectivity index (χ4n) is 1.95. The van der Waals surface area contributed by atoms with Crippen LogP contribution in [0.5, 0.6) is 0 Å². The van der Waals surface area contributed by atoms with Gasteiger partial charge in [-0.2, -0.15) is 0 Å². The molecule has 0 aliphatic carbocycles. The van der Waals surface area contributed by atoms with Crippen LogP contribution < -0.4 is 0 Å². The number of nitrogens with zero attached hydrogens (tertiary/aromatic N) is 1. The number of carbonyl (C=O) groups excluding carboxylic acids is 1. The molecule has 0 aromatic carbocycles. The fourth-order valence-corrected chi connectivity index (χ4v) is 1.95. The van der Waals surface area contributed by atoms with Crippen LogP contribution in [-0.4, -0.2) is 23.9 Å². The Morgan fingerprint density at radius 1 is 1.26 bits per heavy atom. The zero-order valence-corrected chi connectivity index (χ0v) is 16.8. The Bertz CT molecular complexity index is 624. The second-order valence-corrected chi connectivity index (χ2v) is 5.28. The third kappa shape index (κ3) is 7.12. The SMILES string of the molecule is C=C/C1=C(\C=C)CN(C(=O)C(C)C)C/C=C\C=C/C(=C)C#C1.[Y]. The Morgan fingerprint density at radius 2 is 1.96 bits per heavy atom. The molecule has 1 rings (SSSR count). The van der Waals surface area contributed by atoms with Crippen molar-refractivity contribution in [3.05, 3.63) is 72.9 Å². The molecular weight excluding hydrogens is 359 g/mol. The van der Waals surface area contributed by atoms with Gasteiger partial charge in [0.1, 0.15) is 0 Å². The molecule has 1 heterocycles. The minimum absolute atomic E-state index is 0. The molecule has 1 aliphatic rings. The van der Waals surface area contributed by atoms with Gasteiger partial charge < -0.3 is 4.90 Å². The molecule has 2 nitrogen and oxygen atoms in total. The number of hydrogen-bond donors (Lipinski definition) is 0. The Hall–Kier alpha value is -1.43. The van der Waals surface area contributed by atoms with Crippen LogP contribution in [0.4, 0.5) is 0 Å². The third-order valence-electron chi connectivity index (χ3n) is 3.19. The summed E-state index contributed by atoms with van der Waals surface area (Å²) >= 11 is 0. The van der Waals surface area contributed by atoms with Gasteiger partial charge in [-0.15, -0.1) is 0 Å². The molecule has 0 aromatic rings. The van der Waals surface area contributed by atoms with E-state index in [9.17, 15) is 4.79 Å². The van der Waals surface area contributed by atoms with Crippen LogP contribution in [0.3, 0.4) is 0 Å². The summed E-state index contributed by atoms with van der Waals surface area (Å²) in [6.45, 7) is 16.4. The summed E-state index contributed by atoms with van der Waals surface area (Å²) in [5.41, 5.74) is 2.39. The molecule has 0 unspecified atom stereocenters. The first-order chi connectivity index (χ1) is 10.5. The van der Waals surface area contributed by atoms with Gasteiger partial charge in [0.15, 0.2) is 0 Å². The first kappa shape index (κ1) is 21.6. The van der Waals surface area contributed by atoms with E-state index in [1.807, 2.05) is 38.2 Å². The fraction of sp³-hybridized carbons (Fsp3) is 0.250. The molecular formula is C20H23NOY. The first-order valence-corrected chi connectivity index (χ1v) is 7.30. The molecule has 1 aliphatic heterocycles. The topological polar surface area (TPSA) is 20.3 Å². The van der Waals surface area contributed by atoms with Gasteiger partial charge in [-0.1, -0.05) is 75.8 Å². The molecule has 0 bridgehead atoms. The zero-order valence-electron chi connectivity index (χ0n) is 14.0. The van der Waals surface area contributed by atoms with Crippen molar-refractivity contribution in [1.82, 2.24) is 4.90 Å². The normalized spacial score (nSPS) is 21.0. The van der Waals surface area contributed by atoms with Gasteiger partial charge in [-0.3, -0.25) is 4.79 Å². The molecule has 0 spiro atoms. The van der Waals surface area contributed by atoms with Crippen LogP contribution in [0.2, 0.25) is 0 Å². The van der Waals surface area contributed by atoms with Crippen molar-refractivity contribution in [3.8, 4) is 11.8 Å². The van der Waals surface area contributed by atoms with E-state index in [-0.39, 0.29) is 44.5 Å². The van der Waals surface area contributed by atoms with Crippen LogP contribution >= 0.6 is 0 Å². The molecule has 3 heteroatoms. The van der Waals surface area contributed by atoms with Crippen molar-refractivity contribution in [2.24, 2.45) is 5.92 Å². The quantitative estimate of drug-likeness (QED) is 0.680. The Labute approximate surface area is 165 Å². The van der Waals surface area contributed by atoms with Gasteiger partial charge in [0.05, 0.1) is 0 Å². The average Bonchev–Trinajstić information content (AvgIpc) is 2.49. The van der Waals surface area contributed by atoms with Crippen molar-refractivity contribution < 1.29 is 37.5 Å². The summed E-state index contributed by atoms with van der Waals surface area (Å²) in [6.07, 6.45) is 11.0. The summed E-state index contributed by atoms with van der Waals surface area (Å²) in [7, 11) is 0. The maximum atomic E-state index is 12.4. The van der Waals surface area contributed by atoms with Crippen LogP contribution in [-0.2, 0) is 37.5 Å². The Balaban J connectivity index is 0.00000484. The number of hydrogen-bond acceptors (Lipinski definition) is 1. The van der Waals surface area contributed by atoms with Gasteiger partial charge in [0, 0.05) is 62.9 Å². The number of rotatable bonds is 3. The molecule has 23 heavy (non-hydrogen) atoms. The second kappa shape index (κ2) is 11.2. The number of carbonyl (C=O) groups is 1. The molecule has 0 saturated carbocycles. The molecule has 0 atom stereocenters. The van der Waals surface area contributed by atoms with E-state index in [1.165, 1.54) is 0 Å². The monoisotopic (exact) mass is 382 g/mol. The molecule has 1 amide bonds. The average molecular weight is 382 g/mol. The zero-order chi connectivity index (χ0) is 16.5. The number of amides is 1. The Morgan fingerprint density at radius 3 is 2.52 bits per heavy atom. The van der Waals surface area contributed by atoms with Crippen molar-refractivity contribution in [3.63, 3.8) is 0 Å². The van der Waals surface area contributed by atoms with E-state index in [4.69, 9.17) is 0 Å². The van der Waals surface area contributed by atoms with Gasteiger partial charge in [0.2, 0.25) is 5.91 Å². The maximum absolute atomic E-state index is 12.4. The van der Waals surface area contributed by atoms with Gasteiger partial charge in [-0.05, 0) is 11.6 Å². The van der Waals surface area contributed by atoms with E-state index in [0.717, 1.165) is 16.7 Å². The first-order valence-electron chi connectivity index (χ1n) is 7.30. The van der Waals surface area contributed by atoms with Crippen LogP contribution in [0.15, 0.2) is 72.9 Å². The third-order valence-corrected chi connectivity index (χ3v) is 3.19. The van der Waals surface area contributed by atoms with E-state index in [2.05, 4.69) is 31.6 Å². The predicted octanol–water partition coefficient (Wildman–Crippen LogP) is 3.82. The second-order valence-electron chi connectivity index (χ2n) is 5.28. The minimum Gasteiger partial charge on any atom is -0.334 e. The Kier molecular flexibility index (Phi) is 10.5. The molecule has 0 aromatic heterocycles. The van der Waals surface area contributed by atoms with Crippen LogP contribution in [0.1, 0.15) is 13.8 Å². The van der Waals surface area contributed by atoms with Crippen LogP contribution in [0, 0.1) is 17.8 Å². The van der Waals surface area contributed by atoms with Crippen molar-refractivity contribution >= 4 is 5.91 Å². The largest absolute Gasteiger partial charge is 0.334 e. The van der Waals surface area contributed by atoms with Gasteiger partial charge in [-0.25, -0.2) is 0 Å². The summed E-state index contributed by atoms with van der Waals surface area (Å²) in [5, 5.41) is 0. The molecule has 0 fully saturated rings. The summed E-state index contributed by atoms with van der Waals surface area (Å²) in [4.78, 5) is 14.2. The molecule has 0 saturated heterocycles. The van der Waals surface area contributed by atoms with E-state index < -0.39 is 0 Å². The molecule has 0 N–H and O–H groups in total. The van der Waals surface area contributed by atoms with Crippen molar-refractivity contribution in [1.29, 1.82) is 0 Å². The molecule has 117 valence electrons. The van der Waals surface area contributed by atoms with Crippen molar-refractivity contribution in [2.45, 2.75) is 13.8 Å². The van der Waals surface area contributed by atoms with Crippen molar-refractivity contribution in [2.75, 3.05) is 13.1 Å². The van der Waals surface area contributed by atoms with E-state index in [0.29, 0.717) is 13.1 Å². The minimum atomic E-state index is -0.0547. The molecule has 1 radical (unpaired) electrons. The maximum Gasteiger partial charge on any atom is 0.225 e. The van der Waals surface area contributed by atoms with E-state index in [1.54, 1.807) is 17.1 Å². The standard InChI is InChI=1S/C20H23NO.Y/c1-6-18-13-12-17(5)11-9-8-10-14-21(15-19(18)7-2)20(22)16(3)4;/h6-11,16H,1-2,5,14-15H2,3-4H3;/b10-8-,11-9-,19-18-;. The predicted molar refractivity (Wildman–Crippen MR) is 94.0 cm³/mol. The van der Waals surface area contributed by atoms with Crippen LogP contribution in [0.25, 0.3) is 0 Å². The van der Waals surface area contributed by atoms with Gasteiger partial charge >= 0.3 is 0 Å². The summed E-state index contributed by atoms with van der Waals surface area (Å²) in [5.74, 6) is 6.09. The van der Waals surface area contributed by atoms with Gasteiger partial charge in [0.25, 0.3) is 0 Å². The summed E-state index contributed by atoms with van der Waals surface area (Å²) in [6, 6.07) is 0.